The van der Waals surface area contributed by atoms with Crippen molar-refractivity contribution >= 4 is 35.2 Å². The number of aliphatic hydroxyl groups excluding tert-OH is 2. The summed E-state index contributed by atoms with van der Waals surface area (Å²) in [5.41, 5.74) is 9.95. The molecule has 1 unspecified atom stereocenters. The number of unbranched alkanes of at least 4 members (excludes halogenated alkanes) is 3. The quantitative estimate of drug-likeness (QED) is 0.0285. The predicted octanol–water partition coefficient (Wildman–Crippen LogP) is 1.29. The molecule has 0 aliphatic heterocycles. The van der Waals surface area contributed by atoms with E-state index in [-0.39, 0.29) is 85.8 Å². The largest absolute Gasteiger partial charge is 0.515 e. The normalized spacial score (nSPS) is 12.3. The van der Waals surface area contributed by atoms with E-state index in [0.717, 1.165) is 19.3 Å². The van der Waals surface area contributed by atoms with E-state index >= 15 is 0 Å². The molecule has 0 spiro atoms. The first kappa shape index (κ1) is 59.9. The van der Waals surface area contributed by atoms with E-state index in [1.54, 1.807) is 6.92 Å². The molecule has 0 saturated carbocycles. The van der Waals surface area contributed by atoms with Crippen LogP contribution in [0.25, 0.3) is 0 Å². The highest BCUT2D eigenvalue weighted by Gasteiger charge is 2.17. The van der Waals surface area contributed by atoms with Gasteiger partial charge in [0.25, 0.3) is 0 Å². The van der Waals surface area contributed by atoms with Gasteiger partial charge in [0.15, 0.2) is 0 Å². The highest BCUT2D eigenvalue weighted by Crippen LogP contribution is 2.14. The number of ketones is 2. The molecule has 0 rings (SSSR count). The van der Waals surface area contributed by atoms with Gasteiger partial charge < -0.3 is 74.9 Å². The van der Waals surface area contributed by atoms with E-state index in [2.05, 4.69) is 10.6 Å². The maximum Gasteiger partial charge on any atom is 0.248 e. The van der Waals surface area contributed by atoms with Crippen molar-refractivity contribution in [1.29, 1.82) is 0 Å². The van der Waals surface area contributed by atoms with Crippen molar-refractivity contribution in [2.24, 2.45) is 17.4 Å². The van der Waals surface area contributed by atoms with E-state index in [9.17, 15) is 28.8 Å². The molecular formula is C43H76N4O17. The van der Waals surface area contributed by atoms with E-state index in [4.69, 9.17) is 64.3 Å². The van der Waals surface area contributed by atoms with Crippen LogP contribution in [0.5, 0.6) is 0 Å². The lowest BCUT2D eigenvalue weighted by molar-refractivity contribution is -0.124. The Hall–Kier alpha value is -4.06. The third kappa shape index (κ3) is 39.5. The molecule has 0 aromatic heterocycles. The topological polar surface area (TPSA) is 302 Å². The molecule has 64 heavy (non-hydrogen) atoms. The summed E-state index contributed by atoms with van der Waals surface area (Å²) in [6.45, 7) is 9.98. The molecule has 0 radical (unpaired) electrons. The van der Waals surface area contributed by atoms with Crippen LogP contribution in [-0.2, 0) is 71.4 Å². The number of hydrogen-bond donors (Lipinski definition) is 6. The lowest BCUT2D eigenvalue weighted by atomic mass is 9.95. The van der Waals surface area contributed by atoms with Crippen molar-refractivity contribution in [1.82, 2.24) is 10.6 Å². The summed E-state index contributed by atoms with van der Waals surface area (Å²) in [5.74, 6) is -2.49. The minimum Gasteiger partial charge on any atom is -0.515 e. The lowest BCUT2D eigenvalue weighted by Gasteiger charge is -2.11. The number of Topliss-reactive ketones (excluding diaryl/α,β-unsaturated/α-hetero) is 2. The molecule has 0 aliphatic carbocycles. The molecule has 0 heterocycles. The van der Waals surface area contributed by atoms with Crippen LogP contribution in [0, 0.1) is 5.92 Å². The van der Waals surface area contributed by atoms with E-state index < -0.39 is 11.8 Å². The minimum absolute atomic E-state index is 0.107. The zero-order valence-electron chi connectivity index (χ0n) is 37.8. The number of carbonyl (C=O) groups excluding carboxylic acids is 6. The minimum atomic E-state index is -0.817. The molecule has 0 saturated heterocycles. The number of amides is 4. The summed E-state index contributed by atoms with van der Waals surface area (Å²) in [6.07, 6.45) is 5.63. The molecule has 0 aliphatic rings. The van der Waals surface area contributed by atoms with Gasteiger partial charge in [-0.1, -0.05) is 19.8 Å². The van der Waals surface area contributed by atoms with Crippen LogP contribution < -0.4 is 22.1 Å². The fourth-order valence-corrected chi connectivity index (χ4v) is 5.24. The number of primary amides is 2. The van der Waals surface area contributed by atoms with Crippen LogP contribution in [-0.4, -0.2) is 177 Å². The Morgan fingerprint density at radius 1 is 0.453 bits per heavy atom. The molecule has 1 atom stereocenters. The van der Waals surface area contributed by atoms with Crippen molar-refractivity contribution < 1.29 is 81.6 Å². The first-order valence-corrected chi connectivity index (χ1v) is 22.0. The number of carbonyl (C=O) groups is 6. The van der Waals surface area contributed by atoms with Crippen LogP contribution in [0.2, 0.25) is 0 Å². The zero-order chi connectivity index (χ0) is 47.3. The predicted molar refractivity (Wildman–Crippen MR) is 233 cm³/mol. The Kier molecular flexibility index (Phi) is 41.4. The van der Waals surface area contributed by atoms with E-state index in [0.29, 0.717) is 151 Å². The molecule has 370 valence electrons. The van der Waals surface area contributed by atoms with Gasteiger partial charge in [0.2, 0.25) is 23.6 Å². The maximum atomic E-state index is 12.1. The van der Waals surface area contributed by atoms with Crippen LogP contribution in [0.3, 0.4) is 0 Å². The molecule has 4 amide bonds. The van der Waals surface area contributed by atoms with Crippen LogP contribution in [0.4, 0.5) is 0 Å². The second-order valence-corrected chi connectivity index (χ2v) is 14.3. The Morgan fingerprint density at radius 2 is 0.781 bits per heavy atom. The van der Waals surface area contributed by atoms with Gasteiger partial charge >= 0.3 is 0 Å². The molecule has 21 nitrogen and oxygen atoms in total. The summed E-state index contributed by atoms with van der Waals surface area (Å²) in [7, 11) is 0. The van der Waals surface area contributed by atoms with Crippen molar-refractivity contribution in [2.45, 2.75) is 77.6 Å². The summed E-state index contributed by atoms with van der Waals surface area (Å²) in [4.78, 5) is 70.0. The number of nitrogens with two attached hydrogens (primary N) is 2. The average molecular weight is 921 g/mol. The second-order valence-electron chi connectivity index (χ2n) is 14.3. The van der Waals surface area contributed by atoms with Crippen molar-refractivity contribution in [2.75, 3.05) is 132 Å². The lowest BCUT2D eigenvalue weighted by Crippen LogP contribution is -2.26. The molecule has 0 aromatic rings. The van der Waals surface area contributed by atoms with Gasteiger partial charge in [-0.05, 0) is 25.7 Å². The molecule has 0 aromatic carbocycles. The van der Waals surface area contributed by atoms with Gasteiger partial charge in [-0.3, -0.25) is 28.8 Å². The fourth-order valence-electron chi connectivity index (χ4n) is 5.24. The SMILES string of the molecule is CC(CCCCNC(=O)CCOCCOCCOCCOCCOCCOCCOCCOCCOCCC(=O)NCCCCCC(=O)C/C(=C/O)C(N)=O)C(=O)C/C(=C/O)C(N)=O. The van der Waals surface area contributed by atoms with Gasteiger partial charge in [-0.25, -0.2) is 0 Å². The Balaban J connectivity index is 3.33. The van der Waals surface area contributed by atoms with Gasteiger partial charge in [-0.15, -0.1) is 0 Å². The van der Waals surface area contributed by atoms with Gasteiger partial charge in [0, 0.05) is 51.1 Å². The number of rotatable bonds is 48. The van der Waals surface area contributed by atoms with Crippen LogP contribution >= 0.6 is 0 Å². The Labute approximate surface area is 377 Å². The summed E-state index contributed by atoms with van der Waals surface area (Å²) >= 11 is 0. The highest BCUT2D eigenvalue weighted by molar-refractivity contribution is 5.98. The summed E-state index contributed by atoms with van der Waals surface area (Å²) < 4.78 is 49.1. The molecular weight excluding hydrogens is 844 g/mol. The first-order valence-electron chi connectivity index (χ1n) is 22.0. The third-order valence-corrected chi connectivity index (χ3v) is 9.01. The number of aliphatic hydroxyl groups is 2. The smallest absolute Gasteiger partial charge is 0.248 e. The average Bonchev–Trinajstić information content (AvgIpc) is 3.27. The summed E-state index contributed by atoms with van der Waals surface area (Å²) in [5, 5.41) is 23.5. The van der Waals surface area contributed by atoms with Gasteiger partial charge in [0.05, 0.1) is 143 Å². The van der Waals surface area contributed by atoms with E-state index in [1.165, 1.54) is 0 Å². The highest BCUT2D eigenvalue weighted by atomic mass is 16.6. The molecule has 8 N–H and O–H groups in total. The molecule has 21 heteroatoms. The van der Waals surface area contributed by atoms with E-state index in [1.807, 2.05) is 0 Å². The molecule has 0 bridgehead atoms. The number of hydrogen-bond acceptors (Lipinski definition) is 17. The second kappa shape index (κ2) is 44.2. The number of ether oxygens (including phenoxy) is 9. The van der Waals surface area contributed by atoms with Crippen molar-refractivity contribution in [3.05, 3.63) is 23.7 Å². The number of nitrogens with one attached hydrogen (secondary N) is 2. The maximum absolute atomic E-state index is 12.1. The third-order valence-electron chi connectivity index (χ3n) is 9.01. The van der Waals surface area contributed by atoms with Crippen LogP contribution in [0.1, 0.15) is 77.6 Å². The van der Waals surface area contributed by atoms with Crippen LogP contribution in [0.15, 0.2) is 23.7 Å². The first-order chi connectivity index (χ1) is 31.0. The molecule has 0 fully saturated rings. The Morgan fingerprint density at radius 3 is 1.12 bits per heavy atom. The standard InChI is InChI=1S/C43H76N4O17/c1-35(39(51)32-37(34-49)43(45)55)7-4-6-12-47-41(53)10-14-57-16-18-59-20-22-61-24-26-63-28-30-64-29-27-62-25-23-60-21-19-58-17-15-56-13-9-40(52)46-11-5-2-3-8-38(50)31-36(33-48)42(44)54/h33-35,48-49H,2-32H2,1H3,(H2,44,54)(H2,45,55)(H,46,52)(H,47,53)/b36-33-,37-34-. The monoisotopic (exact) mass is 921 g/mol. The fraction of sp³-hybridized carbons (Fsp3) is 0.767. The van der Waals surface area contributed by atoms with Crippen molar-refractivity contribution in [3.8, 4) is 0 Å². The summed E-state index contributed by atoms with van der Waals surface area (Å²) in [6, 6.07) is 0. The van der Waals surface area contributed by atoms with Gasteiger partial charge in [0.1, 0.15) is 11.6 Å². The van der Waals surface area contributed by atoms with Crippen molar-refractivity contribution in [3.63, 3.8) is 0 Å². The Bertz CT molecular complexity index is 1320. The van der Waals surface area contributed by atoms with Gasteiger partial charge in [-0.2, -0.15) is 0 Å². The zero-order valence-corrected chi connectivity index (χ0v) is 37.8.